The number of nitrogens with two attached hydrogens (primary N) is 1. The van der Waals surface area contributed by atoms with Crippen molar-refractivity contribution in [3.8, 4) is 5.75 Å². The Kier molecular flexibility index (Phi) is 4.35. The van der Waals surface area contributed by atoms with Crippen molar-refractivity contribution in [1.82, 2.24) is 0 Å². The molecule has 3 N–H and O–H groups in total. The first-order valence-corrected chi connectivity index (χ1v) is 7.92. The molecule has 2 rings (SSSR count). The van der Waals surface area contributed by atoms with Crippen molar-refractivity contribution in [3.05, 3.63) is 40.8 Å². The minimum absolute atomic E-state index is 0.0972. The molecule has 0 aliphatic heterocycles. The van der Waals surface area contributed by atoms with E-state index >= 15 is 0 Å². The monoisotopic (exact) mass is 374 g/mol. The maximum Gasteiger partial charge on any atom is 0.260 e. The van der Waals surface area contributed by atoms with Gasteiger partial charge in [-0.3, -0.25) is 4.79 Å². The van der Waals surface area contributed by atoms with Crippen LogP contribution in [0.4, 0.5) is 5.69 Å². The second kappa shape index (κ2) is 5.88. The van der Waals surface area contributed by atoms with E-state index < -0.39 is 15.9 Å². The molecular weight excluding hydrogens is 364 g/mol. The lowest BCUT2D eigenvalue weighted by Crippen LogP contribution is -2.15. The number of carbonyl (C=O) groups excluding carboxylic acids is 1. The number of hydrogen-bond donors (Lipinski definition) is 2. The Bertz CT molecular complexity index is 785. The molecule has 21 heavy (non-hydrogen) atoms. The number of furan rings is 1. The van der Waals surface area contributed by atoms with Crippen LogP contribution in [0.2, 0.25) is 0 Å². The van der Waals surface area contributed by atoms with E-state index in [0.29, 0.717) is 0 Å². The van der Waals surface area contributed by atoms with Gasteiger partial charge < -0.3 is 14.5 Å². The number of halogens is 1. The molecule has 0 saturated heterocycles. The van der Waals surface area contributed by atoms with Crippen LogP contribution in [0.3, 0.4) is 0 Å². The topological polar surface area (TPSA) is 112 Å². The molecule has 1 heterocycles. The molecule has 0 fully saturated rings. The summed E-state index contributed by atoms with van der Waals surface area (Å²) >= 11 is 3.09. The number of rotatable bonds is 4. The molecule has 0 radical (unpaired) electrons. The number of hydrogen-bond acceptors (Lipinski definition) is 5. The first-order valence-electron chi connectivity index (χ1n) is 5.58. The summed E-state index contributed by atoms with van der Waals surface area (Å²) in [4.78, 5) is 11.8. The van der Waals surface area contributed by atoms with Crippen LogP contribution in [0.5, 0.6) is 5.75 Å². The van der Waals surface area contributed by atoms with Crippen molar-refractivity contribution in [2.24, 2.45) is 5.14 Å². The van der Waals surface area contributed by atoms with Crippen LogP contribution in [0.1, 0.15) is 10.4 Å². The van der Waals surface area contributed by atoms with Gasteiger partial charge in [0.05, 0.1) is 18.9 Å². The fourth-order valence-corrected chi connectivity index (χ4v) is 2.77. The smallest absolute Gasteiger partial charge is 0.260 e. The van der Waals surface area contributed by atoms with Gasteiger partial charge in [-0.2, -0.15) is 0 Å². The van der Waals surface area contributed by atoms with E-state index in [1.165, 1.54) is 37.6 Å². The summed E-state index contributed by atoms with van der Waals surface area (Å²) in [7, 11) is -2.65. The van der Waals surface area contributed by atoms with Gasteiger partial charge in [-0.05, 0) is 40.2 Å². The first-order chi connectivity index (χ1) is 9.82. The number of nitrogens with one attached hydrogen (secondary N) is 1. The number of carbonyl (C=O) groups is 1. The quantitative estimate of drug-likeness (QED) is 0.849. The summed E-state index contributed by atoms with van der Waals surface area (Å²) in [6.07, 6.45) is 1.35. The highest BCUT2D eigenvalue weighted by Gasteiger charge is 2.18. The second-order valence-corrected chi connectivity index (χ2v) is 6.22. The number of sulfonamides is 1. The van der Waals surface area contributed by atoms with Gasteiger partial charge in [-0.1, -0.05) is 0 Å². The lowest BCUT2D eigenvalue weighted by molar-refractivity contribution is 0.102. The highest BCUT2D eigenvalue weighted by Crippen LogP contribution is 2.27. The fourth-order valence-electron chi connectivity index (χ4n) is 1.63. The van der Waals surface area contributed by atoms with Crippen molar-refractivity contribution in [1.29, 1.82) is 0 Å². The number of primary sulfonamides is 1. The molecule has 0 atom stereocenters. The Morgan fingerprint density at radius 3 is 2.62 bits per heavy atom. The molecule has 9 heteroatoms. The molecule has 0 aliphatic carbocycles. The van der Waals surface area contributed by atoms with Crippen molar-refractivity contribution in [2.45, 2.75) is 4.90 Å². The van der Waals surface area contributed by atoms with Crippen molar-refractivity contribution in [3.63, 3.8) is 0 Å². The first kappa shape index (κ1) is 15.5. The van der Waals surface area contributed by atoms with Crippen LogP contribution in [0, 0.1) is 0 Å². The average molecular weight is 375 g/mol. The maximum atomic E-state index is 12.0. The van der Waals surface area contributed by atoms with Gasteiger partial charge in [0.25, 0.3) is 5.91 Å². The zero-order valence-electron chi connectivity index (χ0n) is 10.8. The van der Waals surface area contributed by atoms with E-state index in [2.05, 4.69) is 21.2 Å². The van der Waals surface area contributed by atoms with Crippen LogP contribution in [-0.2, 0) is 10.0 Å². The van der Waals surface area contributed by atoms with Crippen LogP contribution < -0.4 is 15.2 Å². The summed E-state index contributed by atoms with van der Waals surface area (Å²) in [6, 6.07) is 5.60. The van der Waals surface area contributed by atoms with Gasteiger partial charge in [-0.15, -0.1) is 0 Å². The van der Waals surface area contributed by atoms with Gasteiger partial charge in [-0.25, -0.2) is 13.6 Å². The summed E-state index contributed by atoms with van der Waals surface area (Å²) in [5, 5.41) is 7.65. The largest absolute Gasteiger partial charge is 0.495 e. The SMILES string of the molecule is COc1ccc(NC(=O)c2ccoc2Br)cc1S(N)(=O)=O. The lowest BCUT2D eigenvalue weighted by atomic mass is 10.2. The van der Waals surface area contributed by atoms with Crippen LogP contribution in [0.15, 0.2) is 44.5 Å². The van der Waals surface area contributed by atoms with Crippen molar-refractivity contribution >= 4 is 37.5 Å². The third-order valence-electron chi connectivity index (χ3n) is 2.59. The molecule has 1 aromatic carbocycles. The fraction of sp³-hybridized carbons (Fsp3) is 0.0833. The zero-order chi connectivity index (χ0) is 15.6. The predicted octanol–water partition coefficient (Wildman–Crippen LogP) is 1.95. The third kappa shape index (κ3) is 3.43. The molecule has 0 aliphatic rings. The molecule has 0 bridgehead atoms. The highest BCUT2D eigenvalue weighted by molar-refractivity contribution is 9.10. The van der Waals surface area contributed by atoms with E-state index in [4.69, 9.17) is 14.3 Å². The summed E-state index contributed by atoms with van der Waals surface area (Å²) in [5.74, 6) is -0.360. The van der Waals surface area contributed by atoms with Crippen LogP contribution in [-0.4, -0.2) is 21.4 Å². The lowest BCUT2D eigenvalue weighted by Gasteiger charge is -2.10. The minimum atomic E-state index is -3.97. The molecule has 0 unspecified atom stereocenters. The molecular formula is C12H11BrN2O5S. The van der Waals surface area contributed by atoms with E-state index in [1.807, 2.05) is 0 Å². The number of amides is 1. The molecule has 7 nitrogen and oxygen atoms in total. The van der Waals surface area contributed by atoms with E-state index in [9.17, 15) is 13.2 Å². The molecule has 2 aromatic rings. The van der Waals surface area contributed by atoms with Crippen molar-refractivity contribution < 1.29 is 22.4 Å². The normalized spacial score (nSPS) is 11.2. The van der Waals surface area contributed by atoms with Gasteiger partial charge in [0.2, 0.25) is 10.0 Å². The summed E-state index contributed by atoms with van der Waals surface area (Å²) in [5.41, 5.74) is 0.542. The number of benzene rings is 1. The van der Waals surface area contributed by atoms with Crippen LogP contribution >= 0.6 is 15.9 Å². The Morgan fingerprint density at radius 2 is 2.10 bits per heavy atom. The van der Waals surface area contributed by atoms with Crippen molar-refractivity contribution in [2.75, 3.05) is 12.4 Å². The Morgan fingerprint density at radius 1 is 1.38 bits per heavy atom. The Labute approximate surface area is 129 Å². The Balaban J connectivity index is 2.34. The molecule has 1 aromatic heterocycles. The number of methoxy groups -OCH3 is 1. The standard InChI is InChI=1S/C12H11BrN2O5S/c1-19-9-3-2-7(6-10(9)21(14,17)18)15-12(16)8-4-5-20-11(8)13/h2-6H,1H3,(H,15,16)(H2,14,17,18). The summed E-state index contributed by atoms with van der Waals surface area (Å²) < 4.78 is 33.2. The van der Waals surface area contributed by atoms with Gasteiger partial charge in [0.15, 0.2) is 4.67 Å². The molecule has 0 saturated carbocycles. The van der Waals surface area contributed by atoms with Crippen LogP contribution in [0.25, 0.3) is 0 Å². The molecule has 0 spiro atoms. The predicted molar refractivity (Wildman–Crippen MR) is 78.7 cm³/mol. The van der Waals surface area contributed by atoms with E-state index in [1.54, 1.807) is 0 Å². The van der Waals surface area contributed by atoms with Gasteiger partial charge >= 0.3 is 0 Å². The minimum Gasteiger partial charge on any atom is -0.495 e. The molecule has 1 amide bonds. The Hall–Kier alpha value is -1.84. The highest BCUT2D eigenvalue weighted by atomic mass is 79.9. The zero-order valence-corrected chi connectivity index (χ0v) is 13.2. The molecule has 112 valence electrons. The summed E-state index contributed by atoms with van der Waals surface area (Å²) in [6.45, 7) is 0. The third-order valence-corrected chi connectivity index (χ3v) is 4.14. The number of ether oxygens (including phenoxy) is 1. The maximum absolute atomic E-state index is 12.0. The average Bonchev–Trinajstić information content (AvgIpc) is 2.84. The van der Waals surface area contributed by atoms with E-state index in [-0.39, 0.29) is 26.6 Å². The second-order valence-electron chi connectivity index (χ2n) is 3.97. The number of anilines is 1. The van der Waals surface area contributed by atoms with Gasteiger partial charge in [0, 0.05) is 5.69 Å². The van der Waals surface area contributed by atoms with Gasteiger partial charge in [0.1, 0.15) is 10.6 Å². The van der Waals surface area contributed by atoms with E-state index in [0.717, 1.165) is 0 Å².